The number of hydrogen-bond donors (Lipinski definition) is 0. The van der Waals surface area contributed by atoms with Crippen LogP contribution in [-0.4, -0.2) is 4.98 Å². The minimum absolute atomic E-state index is 0. The van der Waals surface area contributed by atoms with E-state index in [1.54, 1.807) is 6.20 Å². The molecule has 0 bridgehead atoms. The molecule has 0 saturated carbocycles. The second-order valence-electron chi connectivity index (χ2n) is 1.25. The molecule has 1 atom stereocenters. The van der Waals surface area contributed by atoms with E-state index in [1.165, 1.54) is 0 Å². The van der Waals surface area contributed by atoms with Gasteiger partial charge in [-0.2, -0.15) is 0 Å². The molecule has 1 heterocycles. The van der Waals surface area contributed by atoms with E-state index < -0.39 is 0 Å². The van der Waals surface area contributed by atoms with Gasteiger partial charge in [-0.3, -0.25) is 4.98 Å². The summed E-state index contributed by atoms with van der Waals surface area (Å²) < 4.78 is 0. The van der Waals surface area contributed by atoms with E-state index in [0.717, 1.165) is 5.44 Å². The van der Waals surface area contributed by atoms with Crippen molar-refractivity contribution in [2.24, 2.45) is 0 Å². The number of pyridine rings is 1. The van der Waals surface area contributed by atoms with Crippen molar-refractivity contribution >= 4 is 39.5 Å². The predicted octanol–water partition coefficient (Wildman–Crippen LogP) is 1.43. The highest BCUT2D eigenvalue weighted by molar-refractivity contribution is 7.26. The van der Waals surface area contributed by atoms with Gasteiger partial charge in [-0.25, -0.2) is 0 Å². The number of rotatable bonds is 0. The topological polar surface area (TPSA) is 12.9 Å². The molecule has 0 aliphatic rings. The first-order valence-corrected chi connectivity index (χ1v) is 2.64. The summed E-state index contributed by atoms with van der Waals surface area (Å²) in [5.41, 5.74) is 0.988. The molecule has 4 heteroatoms. The van der Waals surface area contributed by atoms with Crippen LogP contribution in [0.3, 0.4) is 0 Å². The zero-order valence-electron chi connectivity index (χ0n) is 4.65. The van der Waals surface area contributed by atoms with Crippen LogP contribution in [0.25, 0.3) is 0 Å². The van der Waals surface area contributed by atoms with Crippen molar-refractivity contribution in [3.63, 3.8) is 0 Å². The largest absolute Gasteiger partial charge is 0.257 e. The van der Waals surface area contributed by atoms with Crippen LogP contribution in [-0.2, 0) is 0 Å². The number of aromatic nitrogens is 1. The third-order valence-corrected chi connectivity index (χ3v) is 1.03. The van der Waals surface area contributed by atoms with E-state index in [-0.39, 0.29) is 24.8 Å². The van der Waals surface area contributed by atoms with E-state index in [9.17, 15) is 0 Å². The van der Waals surface area contributed by atoms with Crippen molar-refractivity contribution in [3.8, 4) is 0 Å². The molecule has 0 fully saturated rings. The lowest BCUT2D eigenvalue weighted by Crippen LogP contribution is -1.91. The Labute approximate surface area is 69.3 Å². The van der Waals surface area contributed by atoms with Crippen LogP contribution in [0.2, 0.25) is 0 Å². The lowest BCUT2D eigenvalue weighted by molar-refractivity contribution is 1.40. The molecule has 52 valence electrons. The van der Waals surface area contributed by atoms with Gasteiger partial charge in [0.15, 0.2) is 0 Å². The van der Waals surface area contributed by atoms with Gasteiger partial charge >= 0.3 is 0 Å². The van der Waals surface area contributed by atoms with Gasteiger partial charge in [-0.05, 0) is 12.1 Å². The smallest absolute Gasteiger partial charge is 0.0569 e. The first-order valence-electron chi connectivity index (χ1n) is 2.06. The maximum atomic E-state index is 3.94. The van der Waals surface area contributed by atoms with Gasteiger partial charge in [0.05, 0.1) is 5.44 Å². The van der Waals surface area contributed by atoms with Crippen LogP contribution in [0.1, 0.15) is 0 Å². The molecule has 0 radical (unpaired) electrons. The van der Waals surface area contributed by atoms with Crippen molar-refractivity contribution in [2.45, 2.75) is 0 Å². The average molecular weight is 184 g/mol. The zero-order valence-corrected chi connectivity index (χ0v) is 7.44. The minimum Gasteiger partial charge on any atom is -0.257 e. The summed E-state index contributed by atoms with van der Waals surface area (Å²) >= 11 is 0. The highest BCUT2D eigenvalue weighted by atomic mass is 35.5. The van der Waals surface area contributed by atoms with E-state index in [1.807, 2.05) is 18.2 Å². The van der Waals surface area contributed by atoms with Gasteiger partial charge in [0.25, 0.3) is 0 Å². The summed E-state index contributed by atoms with van der Waals surface area (Å²) in [6, 6.07) is 5.79. The summed E-state index contributed by atoms with van der Waals surface area (Å²) in [5, 5.41) is 0. The fraction of sp³-hybridized carbons (Fsp3) is 0. The molecule has 1 rings (SSSR count). The zero-order chi connectivity index (χ0) is 5.11. The van der Waals surface area contributed by atoms with E-state index >= 15 is 0 Å². The first kappa shape index (κ1) is 11.9. The summed E-state index contributed by atoms with van der Waals surface area (Å²) in [6.45, 7) is 0. The summed E-state index contributed by atoms with van der Waals surface area (Å²) in [5.74, 6) is 0. The first-order chi connectivity index (χ1) is 3.39. The Morgan fingerprint density at radius 1 is 1.22 bits per heavy atom. The molecule has 1 aromatic rings. The lowest BCUT2D eigenvalue weighted by Gasteiger charge is -1.82. The number of hydrogen-bond acceptors (Lipinski definition) is 1. The van der Waals surface area contributed by atoms with Gasteiger partial charge in [0.1, 0.15) is 0 Å². The van der Waals surface area contributed by atoms with Crippen LogP contribution < -0.4 is 5.44 Å². The fourth-order valence-corrected chi connectivity index (χ4v) is 0.573. The Morgan fingerprint density at radius 3 is 2.11 bits per heavy atom. The Bertz CT molecular complexity index is 145. The SMILES string of the molecule is Cl.Cl.Pc1ccccn1. The van der Waals surface area contributed by atoms with E-state index in [4.69, 9.17) is 0 Å². The highest BCUT2D eigenvalue weighted by Crippen LogP contribution is 1.80. The van der Waals surface area contributed by atoms with Crippen molar-refractivity contribution in [3.05, 3.63) is 24.4 Å². The molecular weight excluding hydrogens is 176 g/mol. The average Bonchev–Trinajstić information content (AvgIpc) is 1.69. The quantitative estimate of drug-likeness (QED) is 0.555. The Kier molecular flexibility index (Phi) is 8.31. The molecule has 9 heavy (non-hydrogen) atoms. The van der Waals surface area contributed by atoms with Crippen LogP contribution >= 0.6 is 34.1 Å². The second kappa shape index (κ2) is 6.28. The van der Waals surface area contributed by atoms with Gasteiger partial charge in [-0.15, -0.1) is 24.8 Å². The summed E-state index contributed by atoms with van der Waals surface area (Å²) in [6.07, 6.45) is 1.77. The maximum absolute atomic E-state index is 3.94. The molecule has 0 N–H and O–H groups in total. The van der Waals surface area contributed by atoms with Crippen LogP contribution in [0.5, 0.6) is 0 Å². The van der Waals surface area contributed by atoms with E-state index in [0.29, 0.717) is 0 Å². The Morgan fingerprint density at radius 2 is 1.89 bits per heavy atom. The van der Waals surface area contributed by atoms with Gasteiger partial charge in [0.2, 0.25) is 0 Å². The van der Waals surface area contributed by atoms with Gasteiger partial charge < -0.3 is 0 Å². The second-order valence-corrected chi connectivity index (χ2v) is 1.85. The fourth-order valence-electron chi connectivity index (χ4n) is 0.376. The van der Waals surface area contributed by atoms with Crippen LogP contribution in [0, 0.1) is 0 Å². The van der Waals surface area contributed by atoms with Crippen molar-refractivity contribution < 1.29 is 0 Å². The Hall–Kier alpha value is 0.160. The van der Waals surface area contributed by atoms with Crippen LogP contribution in [0.4, 0.5) is 0 Å². The minimum atomic E-state index is 0. The molecule has 0 saturated heterocycles. The lowest BCUT2D eigenvalue weighted by atomic mass is 10.5. The molecule has 0 aromatic carbocycles. The summed E-state index contributed by atoms with van der Waals surface area (Å²) in [7, 11) is 2.52. The maximum Gasteiger partial charge on any atom is 0.0569 e. The molecule has 1 nitrogen and oxygen atoms in total. The van der Waals surface area contributed by atoms with Gasteiger partial charge in [0, 0.05) is 6.20 Å². The third kappa shape index (κ3) is 4.65. The molecule has 1 aromatic heterocycles. The van der Waals surface area contributed by atoms with Crippen LogP contribution in [0.15, 0.2) is 24.4 Å². The highest BCUT2D eigenvalue weighted by Gasteiger charge is 1.73. The molecule has 1 unspecified atom stereocenters. The molecule has 0 aliphatic carbocycles. The van der Waals surface area contributed by atoms with Gasteiger partial charge in [-0.1, -0.05) is 15.3 Å². The van der Waals surface area contributed by atoms with Crippen molar-refractivity contribution in [1.82, 2.24) is 4.98 Å². The molecular formula is C5H8Cl2NP. The number of nitrogens with zero attached hydrogens (tertiary/aromatic N) is 1. The normalized spacial score (nSPS) is 6.78. The number of halogens is 2. The van der Waals surface area contributed by atoms with E-state index in [2.05, 4.69) is 14.2 Å². The molecule has 0 aliphatic heterocycles. The third-order valence-electron chi connectivity index (χ3n) is 0.688. The standard InChI is InChI=1S/C5H6NP.2ClH/c7-5-3-1-2-4-6-5;;/h1-4H,7H2;2*1H. The van der Waals surface area contributed by atoms with Crippen molar-refractivity contribution in [1.29, 1.82) is 0 Å². The summed E-state index contributed by atoms with van der Waals surface area (Å²) in [4.78, 5) is 3.94. The van der Waals surface area contributed by atoms with Crippen molar-refractivity contribution in [2.75, 3.05) is 0 Å². The predicted molar refractivity (Wildman–Crippen MR) is 48.1 cm³/mol. The molecule has 0 amide bonds. The molecule has 0 spiro atoms. The monoisotopic (exact) mass is 183 g/mol. The Balaban J connectivity index is 0.